The Hall–Kier alpha value is -2.14. The first-order chi connectivity index (χ1) is 10.0. The lowest BCUT2D eigenvalue weighted by atomic mass is 10.1. The molecule has 3 rings (SSSR count). The van der Waals surface area contributed by atoms with Crippen LogP contribution in [0.15, 0.2) is 30.3 Å². The second kappa shape index (κ2) is 5.33. The van der Waals surface area contributed by atoms with Gasteiger partial charge in [-0.15, -0.1) is 0 Å². The number of carbonyl (C=O) groups is 1. The molecule has 2 atom stereocenters. The molecular formula is C16H18N2O3. The van der Waals surface area contributed by atoms with Crippen LogP contribution in [0.25, 0.3) is 10.9 Å². The van der Waals surface area contributed by atoms with Gasteiger partial charge in [0.1, 0.15) is 5.82 Å². The maximum atomic E-state index is 11.2. The van der Waals surface area contributed by atoms with E-state index in [1.54, 1.807) is 12.1 Å². The second-order valence-corrected chi connectivity index (χ2v) is 5.51. The van der Waals surface area contributed by atoms with Gasteiger partial charge in [0.15, 0.2) is 0 Å². The summed E-state index contributed by atoms with van der Waals surface area (Å²) in [4.78, 5) is 18.0. The number of benzene rings is 1. The molecule has 5 heteroatoms. The van der Waals surface area contributed by atoms with Crippen LogP contribution >= 0.6 is 0 Å². The molecule has 0 spiro atoms. The van der Waals surface area contributed by atoms with E-state index >= 15 is 0 Å². The van der Waals surface area contributed by atoms with E-state index in [1.165, 1.54) is 0 Å². The van der Waals surface area contributed by atoms with Crippen molar-refractivity contribution in [2.75, 3.05) is 18.0 Å². The number of ether oxygens (including phenoxy) is 1. The molecule has 1 aliphatic rings. The zero-order chi connectivity index (χ0) is 15.0. The summed E-state index contributed by atoms with van der Waals surface area (Å²) in [6, 6.07) is 8.90. The quantitative estimate of drug-likeness (QED) is 0.919. The normalized spacial score (nSPS) is 22.5. The fraction of sp³-hybridized carbons (Fsp3) is 0.375. The predicted octanol–water partition coefficient (Wildman–Crippen LogP) is 2.55. The lowest BCUT2D eigenvalue weighted by Gasteiger charge is -2.36. The van der Waals surface area contributed by atoms with Crippen molar-refractivity contribution >= 4 is 22.7 Å². The van der Waals surface area contributed by atoms with E-state index in [2.05, 4.69) is 9.88 Å². The molecule has 0 bridgehead atoms. The van der Waals surface area contributed by atoms with E-state index in [9.17, 15) is 9.90 Å². The van der Waals surface area contributed by atoms with Gasteiger partial charge in [-0.3, -0.25) is 0 Å². The Kier molecular flexibility index (Phi) is 3.51. The van der Waals surface area contributed by atoms with Crippen LogP contribution in [-0.4, -0.2) is 41.4 Å². The molecule has 0 radical (unpaired) electrons. The Morgan fingerprint density at radius 1 is 1.24 bits per heavy atom. The Morgan fingerprint density at radius 3 is 2.62 bits per heavy atom. The Morgan fingerprint density at radius 2 is 1.95 bits per heavy atom. The molecule has 21 heavy (non-hydrogen) atoms. The van der Waals surface area contributed by atoms with Gasteiger partial charge in [0.25, 0.3) is 0 Å². The van der Waals surface area contributed by atoms with Crippen LogP contribution in [0.2, 0.25) is 0 Å². The number of morpholine rings is 1. The monoisotopic (exact) mass is 286 g/mol. The molecule has 5 nitrogen and oxygen atoms in total. The minimum atomic E-state index is -0.927. The minimum Gasteiger partial charge on any atom is -0.478 e. The summed E-state index contributed by atoms with van der Waals surface area (Å²) in [6.07, 6.45) is 0.327. The van der Waals surface area contributed by atoms with Crippen LogP contribution in [0.5, 0.6) is 0 Å². The smallest absolute Gasteiger partial charge is 0.336 e. The van der Waals surface area contributed by atoms with Crippen LogP contribution in [0.4, 0.5) is 5.82 Å². The van der Waals surface area contributed by atoms with Crippen molar-refractivity contribution in [2.45, 2.75) is 26.1 Å². The largest absolute Gasteiger partial charge is 0.478 e. The minimum absolute atomic E-state index is 0.164. The van der Waals surface area contributed by atoms with Crippen molar-refractivity contribution in [3.05, 3.63) is 35.9 Å². The summed E-state index contributed by atoms with van der Waals surface area (Å²) in [7, 11) is 0. The molecule has 110 valence electrons. The molecule has 1 saturated heterocycles. The highest BCUT2D eigenvalue weighted by atomic mass is 16.5. The lowest BCUT2D eigenvalue weighted by Crippen LogP contribution is -2.45. The van der Waals surface area contributed by atoms with Crippen LogP contribution < -0.4 is 4.90 Å². The zero-order valence-corrected chi connectivity index (χ0v) is 12.1. The Labute approximate surface area is 123 Å². The summed E-state index contributed by atoms with van der Waals surface area (Å²) < 4.78 is 5.73. The summed E-state index contributed by atoms with van der Waals surface area (Å²) in [5.74, 6) is -0.0594. The molecule has 1 aromatic carbocycles. The molecule has 1 aliphatic heterocycles. The maximum Gasteiger partial charge on any atom is 0.336 e. The molecule has 0 aliphatic carbocycles. The van der Waals surface area contributed by atoms with E-state index in [4.69, 9.17) is 4.74 Å². The number of carboxylic acid groups (broad SMARTS) is 1. The van der Waals surface area contributed by atoms with E-state index in [1.807, 2.05) is 32.0 Å². The van der Waals surface area contributed by atoms with Crippen LogP contribution in [0.1, 0.15) is 24.2 Å². The van der Waals surface area contributed by atoms with Crippen molar-refractivity contribution in [1.29, 1.82) is 0 Å². The fourth-order valence-electron chi connectivity index (χ4n) is 2.87. The molecule has 2 aromatic rings. The number of nitrogens with zero attached hydrogens (tertiary/aromatic N) is 2. The third kappa shape index (κ3) is 2.69. The first-order valence-corrected chi connectivity index (χ1v) is 7.08. The molecular weight excluding hydrogens is 268 g/mol. The van der Waals surface area contributed by atoms with E-state index in [0.29, 0.717) is 10.9 Å². The Bertz CT molecular complexity index is 676. The summed E-state index contributed by atoms with van der Waals surface area (Å²) in [6.45, 7) is 5.68. The highest BCUT2D eigenvalue weighted by molar-refractivity contribution is 6.02. The number of rotatable bonds is 2. The fourth-order valence-corrected chi connectivity index (χ4v) is 2.87. The molecule has 2 unspecified atom stereocenters. The lowest BCUT2D eigenvalue weighted by molar-refractivity contribution is -0.00544. The number of aromatic carboxylic acids is 1. The molecule has 2 heterocycles. The van der Waals surface area contributed by atoms with E-state index < -0.39 is 5.97 Å². The summed E-state index contributed by atoms with van der Waals surface area (Å²) in [5, 5.41) is 9.89. The number of fused-ring (bicyclic) bond motifs is 1. The number of hydrogen-bond acceptors (Lipinski definition) is 4. The van der Waals surface area contributed by atoms with Gasteiger partial charge < -0.3 is 14.7 Å². The highest BCUT2D eigenvalue weighted by Gasteiger charge is 2.23. The van der Waals surface area contributed by atoms with Crippen molar-refractivity contribution in [2.24, 2.45) is 0 Å². The second-order valence-electron chi connectivity index (χ2n) is 5.51. The van der Waals surface area contributed by atoms with E-state index in [0.717, 1.165) is 18.9 Å². The maximum absolute atomic E-state index is 11.2. The number of hydrogen-bond donors (Lipinski definition) is 1. The van der Waals surface area contributed by atoms with Gasteiger partial charge in [-0.25, -0.2) is 9.78 Å². The van der Waals surface area contributed by atoms with Gasteiger partial charge in [0.2, 0.25) is 0 Å². The van der Waals surface area contributed by atoms with Crippen molar-refractivity contribution in [1.82, 2.24) is 4.98 Å². The number of pyridine rings is 1. The SMILES string of the molecule is CC1CN(c2ccc3c(C(=O)O)cccc3n2)CC(C)O1. The first-order valence-electron chi connectivity index (χ1n) is 7.08. The van der Waals surface area contributed by atoms with Crippen molar-refractivity contribution in [3.8, 4) is 0 Å². The number of carboxylic acids is 1. The topological polar surface area (TPSA) is 62.7 Å². The molecule has 1 fully saturated rings. The average molecular weight is 286 g/mol. The van der Waals surface area contributed by atoms with Gasteiger partial charge in [0, 0.05) is 18.5 Å². The van der Waals surface area contributed by atoms with Gasteiger partial charge in [-0.2, -0.15) is 0 Å². The average Bonchev–Trinajstić information content (AvgIpc) is 2.44. The summed E-state index contributed by atoms with van der Waals surface area (Å²) >= 11 is 0. The number of anilines is 1. The number of aromatic nitrogens is 1. The standard InChI is InChI=1S/C16H18N2O3/c1-10-8-18(9-11(2)21-10)15-7-6-12-13(16(19)20)4-3-5-14(12)17-15/h3-7,10-11H,8-9H2,1-2H3,(H,19,20). The third-order valence-electron chi connectivity index (χ3n) is 3.69. The first kappa shape index (κ1) is 13.8. The van der Waals surface area contributed by atoms with Gasteiger partial charge >= 0.3 is 5.97 Å². The molecule has 0 amide bonds. The van der Waals surface area contributed by atoms with Crippen LogP contribution in [0, 0.1) is 0 Å². The molecule has 0 saturated carbocycles. The predicted molar refractivity (Wildman–Crippen MR) is 80.9 cm³/mol. The molecule has 1 aromatic heterocycles. The van der Waals surface area contributed by atoms with Gasteiger partial charge in [-0.05, 0) is 38.1 Å². The van der Waals surface area contributed by atoms with Crippen molar-refractivity contribution < 1.29 is 14.6 Å². The zero-order valence-electron chi connectivity index (χ0n) is 12.1. The van der Waals surface area contributed by atoms with Gasteiger partial charge in [-0.1, -0.05) is 6.07 Å². The van der Waals surface area contributed by atoms with Crippen molar-refractivity contribution in [3.63, 3.8) is 0 Å². The van der Waals surface area contributed by atoms with Crippen LogP contribution in [0.3, 0.4) is 0 Å². The van der Waals surface area contributed by atoms with Crippen LogP contribution in [-0.2, 0) is 4.74 Å². The van der Waals surface area contributed by atoms with Gasteiger partial charge in [0.05, 0.1) is 23.3 Å². The third-order valence-corrected chi connectivity index (χ3v) is 3.69. The van der Waals surface area contributed by atoms with E-state index in [-0.39, 0.29) is 17.8 Å². The Balaban J connectivity index is 2.00. The summed E-state index contributed by atoms with van der Waals surface area (Å²) in [5.41, 5.74) is 0.995. The molecule has 1 N–H and O–H groups in total. The highest BCUT2D eigenvalue weighted by Crippen LogP contribution is 2.23.